The van der Waals surface area contributed by atoms with Crippen LogP contribution in [0.1, 0.15) is 25.5 Å². The van der Waals surface area contributed by atoms with E-state index in [2.05, 4.69) is 36.1 Å². The number of anilines is 1. The SMILES string of the molecule is COC(c1ccc(N(C)C)cc1)[C@H](C)C=C(C)C=CC(=O)O. The lowest BCUT2D eigenvalue weighted by Crippen LogP contribution is -2.12. The first-order chi connectivity index (χ1) is 10.3. The third-order valence-electron chi connectivity index (χ3n) is 3.48. The number of ether oxygens (including phenoxy) is 1. The third kappa shape index (κ3) is 5.37. The Balaban J connectivity index is 2.90. The van der Waals surface area contributed by atoms with Crippen molar-refractivity contribution in [3.05, 3.63) is 53.6 Å². The van der Waals surface area contributed by atoms with Crippen LogP contribution in [0, 0.1) is 5.92 Å². The average molecular weight is 303 g/mol. The molecule has 0 radical (unpaired) electrons. The van der Waals surface area contributed by atoms with Crippen LogP contribution in [-0.4, -0.2) is 32.3 Å². The fourth-order valence-electron chi connectivity index (χ4n) is 2.38. The Labute approximate surface area is 132 Å². The van der Waals surface area contributed by atoms with Gasteiger partial charge in [0.05, 0.1) is 6.10 Å². The molecule has 0 spiro atoms. The van der Waals surface area contributed by atoms with E-state index >= 15 is 0 Å². The van der Waals surface area contributed by atoms with Crippen LogP contribution in [0.4, 0.5) is 5.69 Å². The van der Waals surface area contributed by atoms with E-state index in [1.165, 1.54) is 0 Å². The minimum absolute atomic E-state index is 0.0654. The molecule has 0 saturated carbocycles. The molecule has 0 heterocycles. The number of carbonyl (C=O) groups is 1. The number of methoxy groups -OCH3 is 1. The monoisotopic (exact) mass is 303 g/mol. The van der Waals surface area contributed by atoms with Crippen molar-refractivity contribution < 1.29 is 14.6 Å². The molecule has 1 rings (SSSR count). The van der Waals surface area contributed by atoms with E-state index in [1.54, 1.807) is 13.2 Å². The molecule has 0 fully saturated rings. The van der Waals surface area contributed by atoms with E-state index < -0.39 is 5.97 Å². The molecule has 1 aromatic rings. The molecule has 0 aliphatic carbocycles. The van der Waals surface area contributed by atoms with Gasteiger partial charge in [-0.3, -0.25) is 0 Å². The molecular weight excluding hydrogens is 278 g/mol. The molecule has 0 bridgehead atoms. The van der Waals surface area contributed by atoms with Gasteiger partial charge in [-0.25, -0.2) is 4.79 Å². The van der Waals surface area contributed by atoms with E-state index in [1.807, 2.05) is 27.1 Å². The molecule has 1 aromatic carbocycles. The minimum atomic E-state index is -0.942. The Morgan fingerprint density at radius 3 is 2.27 bits per heavy atom. The summed E-state index contributed by atoms with van der Waals surface area (Å²) in [6, 6.07) is 8.26. The molecule has 4 heteroatoms. The van der Waals surface area contributed by atoms with Crippen LogP contribution in [0.2, 0.25) is 0 Å². The van der Waals surface area contributed by atoms with Crippen molar-refractivity contribution >= 4 is 11.7 Å². The molecular formula is C18H25NO3. The van der Waals surface area contributed by atoms with Crippen molar-refractivity contribution in [3.63, 3.8) is 0 Å². The standard InChI is InChI=1S/C18H25NO3/c1-13(6-11-17(20)21)12-14(2)18(22-5)15-7-9-16(10-8-15)19(3)4/h6-12,14,18H,1-5H3,(H,20,21)/t14-,18?/m1/s1. The second kappa shape index (κ2) is 8.39. The van der Waals surface area contributed by atoms with Crippen LogP contribution in [0.15, 0.2) is 48.1 Å². The number of rotatable bonds is 7. The molecule has 0 aromatic heterocycles. The van der Waals surface area contributed by atoms with Crippen LogP contribution in [0.5, 0.6) is 0 Å². The molecule has 22 heavy (non-hydrogen) atoms. The molecule has 120 valence electrons. The highest BCUT2D eigenvalue weighted by Crippen LogP contribution is 2.28. The van der Waals surface area contributed by atoms with Crippen molar-refractivity contribution in [2.75, 3.05) is 26.1 Å². The van der Waals surface area contributed by atoms with Gasteiger partial charge in [0.1, 0.15) is 0 Å². The first kappa shape index (κ1) is 18.0. The van der Waals surface area contributed by atoms with Gasteiger partial charge in [-0.2, -0.15) is 0 Å². The summed E-state index contributed by atoms with van der Waals surface area (Å²) in [5, 5.41) is 8.66. The zero-order valence-electron chi connectivity index (χ0n) is 13.9. The zero-order chi connectivity index (χ0) is 16.7. The molecule has 0 aliphatic heterocycles. The quantitative estimate of drug-likeness (QED) is 0.617. The highest BCUT2D eigenvalue weighted by Gasteiger charge is 2.17. The molecule has 2 atom stereocenters. The second-order valence-electron chi connectivity index (χ2n) is 5.58. The van der Waals surface area contributed by atoms with Crippen molar-refractivity contribution in [1.29, 1.82) is 0 Å². The van der Waals surface area contributed by atoms with Gasteiger partial charge >= 0.3 is 5.97 Å². The minimum Gasteiger partial charge on any atom is -0.478 e. The maximum Gasteiger partial charge on any atom is 0.328 e. The summed E-state index contributed by atoms with van der Waals surface area (Å²) < 4.78 is 5.63. The summed E-state index contributed by atoms with van der Waals surface area (Å²) in [6.07, 6.45) is 4.70. The van der Waals surface area contributed by atoms with Crippen molar-refractivity contribution in [2.45, 2.75) is 20.0 Å². The highest BCUT2D eigenvalue weighted by atomic mass is 16.5. The predicted molar refractivity (Wildman–Crippen MR) is 90.2 cm³/mol. The second-order valence-corrected chi connectivity index (χ2v) is 5.58. The smallest absolute Gasteiger partial charge is 0.328 e. The lowest BCUT2D eigenvalue weighted by molar-refractivity contribution is -0.131. The van der Waals surface area contributed by atoms with E-state index in [0.29, 0.717) is 0 Å². The number of aliphatic carboxylic acids is 1. The van der Waals surface area contributed by atoms with Gasteiger partial charge in [-0.15, -0.1) is 0 Å². The largest absolute Gasteiger partial charge is 0.478 e. The molecule has 0 saturated heterocycles. The molecule has 4 nitrogen and oxygen atoms in total. The number of nitrogens with zero attached hydrogens (tertiary/aromatic N) is 1. The fraction of sp³-hybridized carbons (Fsp3) is 0.389. The van der Waals surface area contributed by atoms with Crippen LogP contribution >= 0.6 is 0 Å². The zero-order valence-corrected chi connectivity index (χ0v) is 13.9. The molecule has 0 amide bonds. The summed E-state index contributed by atoms with van der Waals surface area (Å²) in [6.45, 7) is 3.95. The number of allylic oxidation sites excluding steroid dienone is 2. The summed E-state index contributed by atoms with van der Waals surface area (Å²) in [5.74, 6) is -0.809. The summed E-state index contributed by atoms with van der Waals surface area (Å²) in [7, 11) is 5.70. The topological polar surface area (TPSA) is 49.8 Å². The van der Waals surface area contributed by atoms with E-state index in [-0.39, 0.29) is 12.0 Å². The van der Waals surface area contributed by atoms with Crippen LogP contribution in [0.25, 0.3) is 0 Å². The van der Waals surface area contributed by atoms with Crippen LogP contribution in [0.3, 0.4) is 0 Å². The highest BCUT2D eigenvalue weighted by molar-refractivity contribution is 5.80. The number of hydrogen-bond acceptors (Lipinski definition) is 3. The third-order valence-corrected chi connectivity index (χ3v) is 3.48. The first-order valence-corrected chi connectivity index (χ1v) is 7.24. The van der Waals surface area contributed by atoms with Gasteiger partial charge in [-0.05, 0) is 24.6 Å². The van der Waals surface area contributed by atoms with Gasteiger partial charge in [0.25, 0.3) is 0 Å². The number of carboxylic acids is 1. The Bertz CT molecular complexity index is 544. The molecule has 1 unspecified atom stereocenters. The number of benzene rings is 1. The Kier molecular flexibility index (Phi) is 6.86. The Morgan fingerprint density at radius 1 is 1.23 bits per heavy atom. The molecule has 1 N–H and O–H groups in total. The van der Waals surface area contributed by atoms with Gasteiger partial charge in [0, 0.05) is 38.9 Å². The maximum atomic E-state index is 10.5. The Morgan fingerprint density at radius 2 is 1.82 bits per heavy atom. The Hall–Kier alpha value is -2.07. The van der Waals surface area contributed by atoms with Gasteiger partial charge < -0.3 is 14.7 Å². The molecule has 0 aliphatic rings. The first-order valence-electron chi connectivity index (χ1n) is 7.24. The van der Waals surface area contributed by atoms with E-state index in [4.69, 9.17) is 9.84 Å². The normalized spacial score (nSPS) is 14.9. The van der Waals surface area contributed by atoms with E-state index in [9.17, 15) is 4.79 Å². The van der Waals surface area contributed by atoms with Crippen molar-refractivity contribution in [2.24, 2.45) is 5.92 Å². The number of carboxylic acid groups (broad SMARTS) is 1. The summed E-state index contributed by atoms with van der Waals surface area (Å²) in [4.78, 5) is 12.6. The van der Waals surface area contributed by atoms with E-state index in [0.717, 1.165) is 22.9 Å². The maximum absolute atomic E-state index is 10.5. The van der Waals surface area contributed by atoms with Crippen molar-refractivity contribution in [3.8, 4) is 0 Å². The van der Waals surface area contributed by atoms with Gasteiger partial charge in [0.15, 0.2) is 0 Å². The van der Waals surface area contributed by atoms with Crippen LogP contribution < -0.4 is 4.90 Å². The summed E-state index contributed by atoms with van der Waals surface area (Å²) in [5.41, 5.74) is 3.15. The van der Waals surface area contributed by atoms with Crippen LogP contribution in [-0.2, 0) is 9.53 Å². The lowest BCUT2D eigenvalue weighted by atomic mass is 9.95. The predicted octanol–water partition coefficient (Wildman–Crippen LogP) is 3.66. The van der Waals surface area contributed by atoms with Gasteiger partial charge in [-0.1, -0.05) is 36.8 Å². The fourth-order valence-corrected chi connectivity index (χ4v) is 2.38. The summed E-state index contributed by atoms with van der Waals surface area (Å²) >= 11 is 0. The average Bonchev–Trinajstić information content (AvgIpc) is 2.46. The lowest BCUT2D eigenvalue weighted by Gasteiger charge is -2.22. The van der Waals surface area contributed by atoms with Crippen molar-refractivity contribution in [1.82, 2.24) is 0 Å². The number of hydrogen-bond donors (Lipinski definition) is 1. The van der Waals surface area contributed by atoms with Gasteiger partial charge in [0.2, 0.25) is 0 Å².